The van der Waals surface area contributed by atoms with Crippen molar-refractivity contribution in [1.29, 1.82) is 0 Å². The Morgan fingerprint density at radius 2 is 1.29 bits per heavy atom. The molecular weight excluding hydrogens is 550 g/mol. The molecule has 2 fully saturated rings. The minimum Gasteiger partial charge on any atom is -0.395 e. The highest BCUT2D eigenvalue weighted by Crippen LogP contribution is 2.33. The summed E-state index contributed by atoms with van der Waals surface area (Å²) in [5.74, 6) is -1.12. The van der Waals surface area contributed by atoms with Gasteiger partial charge in [0.05, 0.1) is 62.5 Å². The Bertz CT molecular complexity index is 690. The maximum atomic E-state index is 11.0. The third-order valence-electron chi connectivity index (χ3n) is 8.95. The first-order chi connectivity index (χ1) is 20.2. The summed E-state index contributed by atoms with van der Waals surface area (Å²) in [5.41, 5.74) is 0. The molecule has 12 nitrogen and oxygen atoms in total. The summed E-state index contributed by atoms with van der Waals surface area (Å²) in [6, 6.07) is -0.898. The number of aliphatic hydroxyl groups is 9. The predicted octanol–water partition coefficient (Wildman–Crippen LogP) is -0.671. The van der Waals surface area contributed by atoms with Gasteiger partial charge in [-0.15, -0.1) is 0 Å². The second kappa shape index (κ2) is 20.5. The van der Waals surface area contributed by atoms with Crippen molar-refractivity contribution in [3.63, 3.8) is 0 Å². The largest absolute Gasteiger partial charge is 0.395 e. The van der Waals surface area contributed by atoms with Crippen LogP contribution in [0.5, 0.6) is 0 Å². The van der Waals surface area contributed by atoms with E-state index in [4.69, 9.17) is 9.47 Å². The lowest BCUT2D eigenvalue weighted by molar-refractivity contribution is -0.274. The number of unbranched alkanes of at least 4 members (excludes halogenated alkanes) is 11. The smallest absolute Gasteiger partial charge is 0.111 e. The maximum absolute atomic E-state index is 11.0. The van der Waals surface area contributed by atoms with Crippen molar-refractivity contribution in [2.75, 3.05) is 26.4 Å². The number of hydrogen-bond acceptors (Lipinski definition) is 12. The molecule has 10 N–H and O–H groups in total. The number of aliphatic hydroxyl groups excluding tert-OH is 9. The monoisotopic (exact) mass is 609 g/mol. The van der Waals surface area contributed by atoms with Crippen LogP contribution >= 0.6 is 0 Å². The Morgan fingerprint density at radius 1 is 0.714 bits per heavy atom. The molecule has 0 aromatic heterocycles. The molecule has 2 aliphatic rings. The summed E-state index contributed by atoms with van der Waals surface area (Å²) in [6.45, 7) is 0.827. The minimum atomic E-state index is -1.65. The van der Waals surface area contributed by atoms with Crippen LogP contribution in [0.25, 0.3) is 0 Å². The van der Waals surface area contributed by atoms with Gasteiger partial charge in [0.15, 0.2) is 0 Å². The van der Waals surface area contributed by atoms with E-state index >= 15 is 0 Å². The molecule has 42 heavy (non-hydrogen) atoms. The van der Waals surface area contributed by atoms with Gasteiger partial charge in [-0.3, -0.25) is 0 Å². The number of rotatable bonds is 21. The Balaban J connectivity index is 1.73. The Hall–Kier alpha value is -0.480. The highest BCUT2D eigenvalue weighted by Gasteiger charge is 2.52. The fourth-order valence-corrected chi connectivity index (χ4v) is 6.14. The zero-order valence-electron chi connectivity index (χ0n) is 25.3. The van der Waals surface area contributed by atoms with Gasteiger partial charge < -0.3 is 60.7 Å². The third-order valence-corrected chi connectivity index (χ3v) is 8.95. The normalized spacial score (nSPS) is 34.3. The van der Waals surface area contributed by atoms with Gasteiger partial charge in [-0.2, -0.15) is 0 Å². The van der Waals surface area contributed by atoms with Crippen LogP contribution in [0.15, 0.2) is 0 Å². The minimum absolute atomic E-state index is 0.0601. The lowest BCUT2D eigenvalue weighted by atomic mass is 9.79. The van der Waals surface area contributed by atoms with Crippen LogP contribution < -0.4 is 5.32 Å². The van der Waals surface area contributed by atoms with E-state index in [0.717, 1.165) is 25.7 Å². The van der Waals surface area contributed by atoms with Crippen molar-refractivity contribution in [1.82, 2.24) is 5.32 Å². The summed E-state index contributed by atoms with van der Waals surface area (Å²) >= 11 is 0. The highest BCUT2D eigenvalue weighted by atomic mass is 16.6. The summed E-state index contributed by atoms with van der Waals surface area (Å²) in [4.78, 5) is 0. The van der Waals surface area contributed by atoms with E-state index in [2.05, 4.69) is 12.2 Å². The van der Waals surface area contributed by atoms with Gasteiger partial charge in [0.1, 0.15) is 24.4 Å². The van der Waals surface area contributed by atoms with Crippen LogP contribution in [0.2, 0.25) is 0 Å². The van der Waals surface area contributed by atoms with Crippen LogP contribution in [0.1, 0.15) is 90.4 Å². The molecule has 0 amide bonds. The predicted molar refractivity (Wildman–Crippen MR) is 156 cm³/mol. The molecule has 12 heteroatoms. The van der Waals surface area contributed by atoms with Crippen molar-refractivity contribution < 1.29 is 55.4 Å². The van der Waals surface area contributed by atoms with E-state index < -0.39 is 86.2 Å². The van der Waals surface area contributed by atoms with Gasteiger partial charge in [0.2, 0.25) is 0 Å². The van der Waals surface area contributed by atoms with E-state index in [0.29, 0.717) is 6.42 Å². The number of hydrogen-bond donors (Lipinski definition) is 10. The van der Waals surface area contributed by atoms with Gasteiger partial charge in [0, 0.05) is 12.5 Å². The zero-order chi connectivity index (χ0) is 31.1. The molecule has 0 aliphatic carbocycles. The van der Waals surface area contributed by atoms with Gasteiger partial charge >= 0.3 is 0 Å². The topological polar surface area (TPSA) is 213 Å². The van der Waals surface area contributed by atoms with Gasteiger partial charge in [0.25, 0.3) is 0 Å². The van der Waals surface area contributed by atoms with Crippen molar-refractivity contribution in [2.24, 2.45) is 5.92 Å². The first-order valence-electron chi connectivity index (χ1n) is 16.2. The Kier molecular flexibility index (Phi) is 18.4. The maximum Gasteiger partial charge on any atom is 0.111 e. The van der Waals surface area contributed by atoms with E-state index in [1.165, 1.54) is 51.4 Å². The van der Waals surface area contributed by atoms with Crippen molar-refractivity contribution >= 4 is 0 Å². The average molecular weight is 610 g/mol. The second-order valence-corrected chi connectivity index (χ2v) is 12.2. The van der Waals surface area contributed by atoms with Gasteiger partial charge in [-0.25, -0.2) is 0 Å². The van der Waals surface area contributed by atoms with Crippen LogP contribution in [0.4, 0.5) is 0 Å². The molecule has 0 aromatic carbocycles. The summed E-state index contributed by atoms with van der Waals surface area (Å²) < 4.78 is 11.1. The molecule has 0 saturated carbocycles. The Labute approximate surface area is 250 Å². The lowest BCUT2D eigenvalue weighted by Gasteiger charge is -2.48. The highest BCUT2D eigenvalue weighted by molar-refractivity contribution is 5.01. The Morgan fingerprint density at radius 3 is 1.83 bits per heavy atom. The summed E-state index contributed by atoms with van der Waals surface area (Å²) in [7, 11) is 0. The molecule has 2 heterocycles. The quantitative estimate of drug-likeness (QED) is 0.0734. The fraction of sp³-hybridized carbons (Fsp3) is 1.00. The first-order valence-corrected chi connectivity index (χ1v) is 16.2. The van der Waals surface area contributed by atoms with Gasteiger partial charge in [-0.05, 0) is 6.42 Å². The second-order valence-electron chi connectivity index (χ2n) is 12.2. The fourth-order valence-electron chi connectivity index (χ4n) is 6.14. The lowest BCUT2D eigenvalue weighted by Crippen LogP contribution is -2.66. The SMILES string of the molecule is CCCCCCCCCCCCCC[C@@H](O)[C@@H](O)[C@H](CO)NCC1OC[C@@H](O)[C@@H](C2O[C@H](CO)[C@H](O)[C@H](O)[C@H]2O)[C@@H]1O. The molecule has 2 unspecified atom stereocenters. The molecule has 12 atom stereocenters. The van der Waals surface area contributed by atoms with E-state index in [1.54, 1.807) is 0 Å². The van der Waals surface area contributed by atoms with Crippen LogP contribution in [0, 0.1) is 5.92 Å². The van der Waals surface area contributed by atoms with Crippen LogP contribution in [0.3, 0.4) is 0 Å². The molecule has 250 valence electrons. The first kappa shape index (κ1) is 37.7. The molecule has 2 saturated heterocycles. The van der Waals surface area contributed by atoms with Crippen molar-refractivity contribution in [2.45, 2.75) is 157 Å². The number of nitrogens with one attached hydrogen (secondary N) is 1. The standard InChI is InChI=1S/C30H59NO11/c1-2-3-4-5-6-7-8-9-10-11-12-13-14-20(34)25(36)19(16-32)31-15-22-26(37)24(21(35)18-41-22)30-29(40)28(39)27(38)23(17-33)42-30/h19-40H,2-18H2,1H3/t19-,20+,21+,22?,23+,24+,25-,26+,27-,28-,29+,30?/m0/s1. The van der Waals surface area contributed by atoms with E-state index in [-0.39, 0.29) is 13.2 Å². The average Bonchev–Trinajstić information content (AvgIpc) is 2.98. The molecule has 0 radical (unpaired) electrons. The van der Waals surface area contributed by atoms with Crippen LogP contribution in [-0.2, 0) is 9.47 Å². The van der Waals surface area contributed by atoms with Crippen LogP contribution in [-0.4, -0.2) is 139 Å². The van der Waals surface area contributed by atoms with Gasteiger partial charge in [-0.1, -0.05) is 84.0 Å². The molecule has 2 aliphatic heterocycles. The molecule has 0 aromatic rings. The molecular formula is C30H59NO11. The molecule has 0 bridgehead atoms. The van der Waals surface area contributed by atoms with E-state index in [9.17, 15) is 46.0 Å². The zero-order valence-corrected chi connectivity index (χ0v) is 25.3. The van der Waals surface area contributed by atoms with Crippen molar-refractivity contribution in [3.05, 3.63) is 0 Å². The summed E-state index contributed by atoms with van der Waals surface area (Å²) in [5, 5.41) is 95.6. The third kappa shape index (κ3) is 11.5. The van der Waals surface area contributed by atoms with Crippen molar-refractivity contribution in [3.8, 4) is 0 Å². The van der Waals surface area contributed by atoms with E-state index in [1.807, 2.05) is 0 Å². The summed E-state index contributed by atoms with van der Waals surface area (Å²) in [6.07, 6.45) is 1.47. The molecule has 2 rings (SSSR count). The number of ether oxygens (including phenoxy) is 2. The molecule has 0 spiro atoms.